The van der Waals surface area contributed by atoms with Crippen molar-refractivity contribution >= 4 is 40.1 Å². The molecule has 0 saturated heterocycles. The Balaban J connectivity index is 1.64. The molecule has 0 saturated carbocycles. The highest BCUT2D eigenvalue weighted by atomic mass is 16.2. The molecule has 0 bridgehead atoms. The molecule has 146 valence electrons. The van der Waals surface area contributed by atoms with Gasteiger partial charge in [-0.05, 0) is 29.8 Å². The lowest BCUT2D eigenvalue weighted by Gasteiger charge is -2.18. The molecule has 1 aromatic heterocycles. The highest BCUT2D eigenvalue weighted by Crippen LogP contribution is 2.37. The third kappa shape index (κ3) is 3.73. The SMILES string of the molecule is NCC(=O)NCCNN1C(=O)C(=Cc2ccnc3ccccc23)c2ccccc21. The number of amides is 2. The van der Waals surface area contributed by atoms with Crippen molar-refractivity contribution in [3.63, 3.8) is 0 Å². The van der Waals surface area contributed by atoms with Crippen molar-refractivity contribution in [3.8, 4) is 0 Å². The molecule has 2 heterocycles. The Kier molecular flexibility index (Phi) is 5.33. The summed E-state index contributed by atoms with van der Waals surface area (Å²) in [5, 5.41) is 5.20. The number of carbonyl (C=O) groups excluding carboxylic acids is 2. The molecule has 0 fully saturated rings. The molecule has 0 aliphatic carbocycles. The van der Waals surface area contributed by atoms with Crippen LogP contribution in [0.3, 0.4) is 0 Å². The second-order valence-electron chi connectivity index (χ2n) is 6.60. The molecule has 3 aromatic rings. The molecular formula is C22H21N5O2. The van der Waals surface area contributed by atoms with Crippen LogP contribution in [0.25, 0.3) is 22.6 Å². The van der Waals surface area contributed by atoms with Gasteiger partial charge in [-0.15, -0.1) is 0 Å². The Morgan fingerprint density at radius 2 is 1.86 bits per heavy atom. The van der Waals surface area contributed by atoms with Crippen molar-refractivity contribution in [1.29, 1.82) is 0 Å². The fraction of sp³-hybridized carbons (Fsp3) is 0.136. The van der Waals surface area contributed by atoms with Crippen molar-refractivity contribution in [2.45, 2.75) is 0 Å². The van der Waals surface area contributed by atoms with E-state index in [0.29, 0.717) is 18.7 Å². The zero-order valence-corrected chi connectivity index (χ0v) is 15.8. The van der Waals surface area contributed by atoms with Crippen LogP contribution >= 0.6 is 0 Å². The third-order valence-electron chi connectivity index (χ3n) is 4.75. The first-order chi connectivity index (χ1) is 14.2. The number of hydrazine groups is 1. The number of fused-ring (bicyclic) bond motifs is 2. The maximum absolute atomic E-state index is 13.2. The number of nitrogens with one attached hydrogen (secondary N) is 2. The number of hydrogen-bond donors (Lipinski definition) is 3. The summed E-state index contributed by atoms with van der Waals surface area (Å²) in [5.41, 5.74) is 12.4. The molecule has 1 aliphatic rings. The first-order valence-electron chi connectivity index (χ1n) is 9.38. The van der Waals surface area contributed by atoms with Gasteiger partial charge in [-0.25, -0.2) is 10.4 Å². The standard InChI is InChI=1S/C22H21N5O2/c23-14-21(28)25-11-12-26-27-20-8-4-2-6-17(20)18(22(27)29)13-15-9-10-24-19-7-3-1-5-16(15)19/h1-10,13,26H,11-12,14,23H2,(H,25,28). The Morgan fingerprint density at radius 1 is 1.07 bits per heavy atom. The van der Waals surface area contributed by atoms with Crippen LogP contribution in [0, 0.1) is 0 Å². The first kappa shape index (κ1) is 18.8. The van der Waals surface area contributed by atoms with Gasteiger partial charge in [-0.2, -0.15) is 0 Å². The molecular weight excluding hydrogens is 366 g/mol. The van der Waals surface area contributed by atoms with E-state index in [1.54, 1.807) is 6.20 Å². The van der Waals surface area contributed by atoms with Crippen LogP contribution in [0.15, 0.2) is 60.8 Å². The second-order valence-corrected chi connectivity index (χ2v) is 6.60. The summed E-state index contributed by atoms with van der Waals surface area (Å²) in [6, 6.07) is 17.4. The van der Waals surface area contributed by atoms with Gasteiger partial charge in [-0.3, -0.25) is 14.6 Å². The summed E-state index contributed by atoms with van der Waals surface area (Å²) < 4.78 is 0. The highest BCUT2D eigenvalue weighted by molar-refractivity contribution is 6.35. The van der Waals surface area contributed by atoms with Gasteiger partial charge in [-0.1, -0.05) is 36.4 Å². The van der Waals surface area contributed by atoms with Crippen molar-refractivity contribution in [2.24, 2.45) is 5.73 Å². The molecule has 0 unspecified atom stereocenters. The van der Waals surface area contributed by atoms with Crippen LogP contribution in [-0.2, 0) is 9.59 Å². The maximum Gasteiger partial charge on any atom is 0.273 e. The Morgan fingerprint density at radius 3 is 2.72 bits per heavy atom. The summed E-state index contributed by atoms with van der Waals surface area (Å²) in [6.07, 6.45) is 3.65. The van der Waals surface area contributed by atoms with Gasteiger partial charge in [0.2, 0.25) is 5.91 Å². The van der Waals surface area contributed by atoms with Gasteiger partial charge >= 0.3 is 0 Å². The molecule has 0 atom stereocenters. The molecule has 1 aliphatic heterocycles. The molecule has 7 heteroatoms. The number of pyridine rings is 1. The molecule has 0 radical (unpaired) electrons. The molecule has 2 aromatic carbocycles. The Bertz CT molecular complexity index is 1100. The minimum atomic E-state index is -0.231. The predicted molar refractivity (Wildman–Crippen MR) is 114 cm³/mol. The van der Waals surface area contributed by atoms with Crippen molar-refractivity contribution in [2.75, 3.05) is 24.6 Å². The van der Waals surface area contributed by atoms with E-state index >= 15 is 0 Å². The number of rotatable bonds is 6. The van der Waals surface area contributed by atoms with E-state index in [1.165, 1.54) is 5.01 Å². The number of nitrogens with two attached hydrogens (primary N) is 1. The average Bonchev–Trinajstić information content (AvgIpc) is 3.02. The number of hydrogen-bond acceptors (Lipinski definition) is 5. The van der Waals surface area contributed by atoms with Gasteiger partial charge in [0.05, 0.1) is 23.3 Å². The first-order valence-corrected chi connectivity index (χ1v) is 9.38. The van der Waals surface area contributed by atoms with E-state index in [1.807, 2.05) is 60.7 Å². The summed E-state index contributed by atoms with van der Waals surface area (Å²) in [7, 11) is 0. The van der Waals surface area contributed by atoms with Crippen molar-refractivity contribution in [1.82, 2.24) is 15.7 Å². The van der Waals surface area contributed by atoms with E-state index < -0.39 is 0 Å². The van der Waals surface area contributed by atoms with Gasteiger partial charge in [0.1, 0.15) is 0 Å². The fourth-order valence-corrected chi connectivity index (χ4v) is 3.38. The van der Waals surface area contributed by atoms with Crippen LogP contribution < -0.4 is 21.5 Å². The average molecular weight is 387 g/mol. The third-order valence-corrected chi connectivity index (χ3v) is 4.75. The van der Waals surface area contributed by atoms with Crippen LogP contribution in [0.2, 0.25) is 0 Å². The second kappa shape index (κ2) is 8.22. The monoisotopic (exact) mass is 387 g/mol. The van der Waals surface area contributed by atoms with E-state index in [9.17, 15) is 9.59 Å². The normalized spacial score (nSPS) is 14.4. The topological polar surface area (TPSA) is 100 Å². The van der Waals surface area contributed by atoms with Crippen LogP contribution in [0.5, 0.6) is 0 Å². The van der Waals surface area contributed by atoms with E-state index in [-0.39, 0.29) is 18.4 Å². The molecule has 2 amide bonds. The molecule has 4 rings (SSSR count). The summed E-state index contributed by atoms with van der Waals surface area (Å²) in [4.78, 5) is 28.8. The number of benzene rings is 2. The van der Waals surface area contributed by atoms with Gasteiger partial charge in [0, 0.05) is 30.2 Å². The minimum absolute atomic E-state index is 0.0573. The van der Waals surface area contributed by atoms with Gasteiger partial charge < -0.3 is 11.1 Å². The number of aromatic nitrogens is 1. The molecule has 4 N–H and O–H groups in total. The van der Waals surface area contributed by atoms with Crippen LogP contribution in [-0.4, -0.2) is 36.4 Å². The predicted octanol–water partition coefficient (Wildman–Crippen LogP) is 1.70. The smallest absolute Gasteiger partial charge is 0.273 e. The maximum atomic E-state index is 13.2. The summed E-state index contributed by atoms with van der Waals surface area (Å²) >= 11 is 0. The number of nitrogens with zero attached hydrogens (tertiary/aromatic N) is 2. The Hall–Kier alpha value is -3.55. The van der Waals surface area contributed by atoms with Gasteiger partial charge in [0.15, 0.2) is 0 Å². The van der Waals surface area contributed by atoms with E-state index in [2.05, 4.69) is 15.7 Å². The van der Waals surface area contributed by atoms with E-state index in [4.69, 9.17) is 5.73 Å². The van der Waals surface area contributed by atoms with E-state index in [0.717, 1.165) is 27.7 Å². The lowest BCUT2D eigenvalue weighted by molar-refractivity contribution is -0.119. The summed E-state index contributed by atoms with van der Waals surface area (Å²) in [6.45, 7) is 0.714. The van der Waals surface area contributed by atoms with Crippen molar-refractivity contribution in [3.05, 3.63) is 71.9 Å². The van der Waals surface area contributed by atoms with Crippen molar-refractivity contribution < 1.29 is 9.59 Å². The lowest BCUT2D eigenvalue weighted by atomic mass is 10.0. The lowest BCUT2D eigenvalue weighted by Crippen LogP contribution is -2.45. The molecule has 29 heavy (non-hydrogen) atoms. The number of para-hydroxylation sites is 2. The summed E-state index contributed by atoms with van der Waals surface area (Å²) in [5.74, 6) is -0.373. The zero-order chi connectivity index (χ0) is 20.2. The quantitative estimate of drug-likeness (QED) is 0.442. The number of anilines is 1. The van der Waals surface area contributed by atoms with Crippen LogP contribution in [0.4, 0.5) is 5.69 Å². The minimum Gasteiger partial charge on any atom is -0.354 e. The molecule has 7 nitrogen and oxygen atoms in total. The van der Waals surface area contributed by atoms with Crippen LogP contribution in [0.1, 0.15) is 11.1 Å². The number of carbonyl (C=O) groups is 2. The zero-order valence-electron chi connectivity index (χ0n) is 15.8. The largest absolute Gasteiger partial charge is 0.354 e. The molecule has 0 spiro atoms. The van der Waals surface area contributed by atoms with Gasteiger partial charge in [0.25, 0.3) is 5.91 Å². The highest BCUT2D eigenvalue weighted by Gasteiger charge is 2.32. The Labute approximate surface area is 168 Å². The fourth-order valence-electron chi connectivity index (χ4n) is 3.38.